The molecule has 36 heavy (non-hydrogen) atoms. The minimum atomic E-state index is -0.728. The van der Waals surface area contributed by atoms with Crippen LogP contribution in [0.1, 0.15) is 142 Å². The number of nitrogens with two attached hydrogens (primary N) is 1. The summed E-state index contributed by atoms with van der Waals surface area (Å²) < 4.78 is 26.1. The second kappa shape index (κ2) is 28.5. The van der Waals surface area contributed by atoms with Crippen LogP contribution >= 0.6 is 8.69 Å². The van der Waals surface area contributed by atoms with E-state index in [0.29, 0.717) is 12.8 Å². The second-order valence-corrected chi connectivity index (χ2v) is 10.2. The van der Waals surface area contributed by atoms with Crippen molar-refractivity contribution in [1.29, 1.82) is 0 Å². The van der Waals surface area contributed by atoms with E-state index in [-0.39, 0.29) is 25.2 Å². The van der Waals surface area contributed by atoms with Gasteiger partial charge in [0, 0.05) is 12.8 Å². The Balaban J connectivity index is 3.73. The van der Waals surface area contributed by atoms with E-state index in [2.05, 4.69) is 6.92 Å². The molecule has 0 unspecified atom stereocenters. The van der Waals surface area contributed by atoms with E-state index in [0.717, 1.165) is 51.5 Å². The fraction of sp³-hybridized carbons (Fsp3) is 0.929. The molecule has 0 aromatic heterocycles. The summed E-state index contributed by atoms with van der Waals surface area (Å²) in [6.07, 6.45) is 22.3. The summed E-state index contributed by atoms with van der Waals surface area (Å²) in [5, 5.41) is 0. The zero-order valence-electron chi connectivity index (χ0n) is 23.0. The Morgan fingerprint density at radius 2 is 1.08 bits per heavy atom. The van der Waals surface area contributed by atoms with Crippen LogP contribution in [0.25, 0.3) is 0 Å². The van der Waals surface area contributed by atoms with Gasteiger partial charge in [-0.25, -0.2) is 4.57 Å². The lowest BCUT2D eigenvalue weighted by Gasteiger charge is -2.16. The van der Waals surface area contributed by atoms with E-state index in [1.165, 1.54) is 77.0 Å². The van der Waals surface area contributed by atoms with Crippen LogP contribution in [-0.4, -0.2) is 37.8 Å². The van der Waals surface area contributed by atoms with Crippen molar-refractivity contribution in [1.82, 2.24) is 0 Å². The second-order valence-electron chi connectivity index (χ2n) is 9.82. The number of esters is 2. The maximum atomic E-state index is 12.1. The van der Waals surface area contributed by atoms with Gasteiger partial charge in [0.15, 0.2) is 6.10 Å². The molecule has 0 aromatic rings. The van der Waals surface area contributed by atoms with E-state index in [1.54, 1.807) is 0 Å². The largest absolute Gasteiger partial charge is 0.462 e. The minimum Gasteiger partial charge on any atom is -0.462 e. The van der Waals surface area contributed by atoms with Gasteiger partial charge in [-0.15, -0.1) is 0 Å². The Morgan fingerprint density at radius 3 is 1.56 bits per heavy atom. The molecule has 0 rings (SSSR count). The first-order chi connectivity index (χ1) is 17.6. The van der Waals surface area contributed by atoms with Gasteiger partial charge in [-0.1, -0.05) is 110 Å². The fourth-order valence-corrected chi connectivity index (χ4v) is 4.37. The molecule has 0 aliphatic carbocycles. The Kier molecular flexibility index (Phi) is 27.7. The maximum Gasteiger partial charge on any atom is 0.327 e. The molecule has 0 saturated heterocycles. The van der Waals surface area contributed by atoms with Gasteiger partial charge in [-0.3, -0.25) is 14.1 Å². The average molecular weight is 532 g/mol. The monoisotopic (exact) mass is 531 g/mol. The quantitative estimate of drug-likeness (QED) is 0.0623. The summed E-state index contributed by atoms with van der Waals surface area (Å²) in [6.45, 7) is 2.86. The Hall–Kier alpha value is -1.04. The Bertz CT molecular complexity index is 520. The molecule has 0 fully saturated rings. The lowest BCUT2D eigenvalue weighted by molar-refractivity contribution is -0.160. The van der Waals surface area contributed by atoms with Gasteiger partial charge < -0.3 is 15.2 Å². The minimum absolute atomic E-state index is 0.0607. The first-order valence-corrected chi connectivity index (χ1v) is 15.4. The van der Waals surface area contributed by atoms with Gasteiger partial charge in [0.25, 0.3) is 0 Å². The first kappa shape index (κ1) is 35.0. The molecule has 7 nitrogen and oxygen atoms in total. The Labute approximate surface area is 222 Å². The number of carbonyl (C=O) groups is 2. The van der Waals surface area contributed by atoms with Crippen molar-refractivity contribution in [3.8, 4) is 0 Å². The smallest absolute Gasteiger partial charge is 0.327 e. The average Bonchev–Trinajstić information content (AvgIpc) is 2.87. The van der Waals surface area contributed by atoms with E-state index in [1.807, 2.05) is 0 Å². The highest BCUT2D eigenvalue weighted by Gasteiger charge is 2.17. The molecule has 0 amide bonds. The molecule has 0 saturated carbocycles. The summed E-state index contributed by atoms with van der Waals surface area (Å²) in [5.41, 5.74) is 5.51. The zero-order valence-corrected chi connectivity index (χ0v) is 23.9. The summed E-state index contributed by atoms with van der Waals surface area (Å²) in [6, 6.07) is 0. The van der Waals surface area contributed by atoms with Crippen LogP contribution in [0.5, 0.6) is 0 Å². The lowest BCUT2D eigenvalue weighted by atomic mass is 10.0. The van der Waals surface area contributed by atoms with Crippen LogP contribution < -0.4 is 5.73 Å². The van der Waals surface area contributed by atoms with Crippen LogP contribution in [0, 0.1) is 0 Å². The van der Waals surface area contributed by atoms with Crippen LogP contribution in [-0.2, 0) is 28.2 Å². The normalized spacial score (nSPS) is 12.1. The third-order valence-corrected chi connectivity index (χ3v) is 6.62. The summed E-state index contributed by atoms with van der Waals surface area (Å²) >= 11 is 0. The number of hydrogen-bond donors (Lipinski definition) is 1. The van der Waals surface area contributed by atoms with Gasteiger partial charge in [-0.2, -0.15) is 0 Å². The van der Waals surface area contributed by atoms with Crippen LogP contribution in [0.4, 0.5) is 0 Å². The van der Waals surface area contributed by atoms with Crippen molar-refractivity contribution in [3.63, 3.8) is 0 Å². The molecule has 0 radical (unpaired) electrons. The van der Waals surface area contributed by atoms with Gasteiger partial charge in [0.05, 0.1) is 0 Å². The Morgan fingerprint density at radius 1 is 0.639 bits per heavy atom. The standard InChI is InChI=1S/C28H54NO6P/c1-2-3-4-5-15-19-22-28(31)35-26(25-34-36-32)24-33-27(30)21-18-16-13-11-9-7-6-8-10-12-14-17-20-23-29/h26H,2-25,29H2,1H3/t26-/m0/s1. The summed E-state index contributed by atoms with van der Waals surface area (Å²) in [7, 11) is -0.487. The van der Waals surface area contributed by atoms with Gasteiger partial charge in [-0.05, 0) is 25.8 Å². The first-order valence-electron chi connectivity index (χ1n) is 14.6. The third-order valence-electron chi connectivity index (χ3n) is 6.36. The molecule has 0 heterocycles. The topological polar surface area (TPSA) is 105 Å². The molecule has 212 valence electrons. The highest BCUT2D eigenvalue weighted by molar-refractivity contribution is 7.17. The predicted octanol–water partition coefficient (Wildman–Crippen LogP) is 7.84. The fourth-order valence-electron chi connectivity index (χ4n) is 4.14. The van der Waals surface area contributed by atoms with Crippen molar-refractivity contribution in [2.24, 2.45) is 5.73 Å². The number of hydrogen-bond acceptors (Lipinski definition) is 7. The highest BCUT2D eigenvalue weighted by atomic mass is 31.1. The number of carbonyl (C=O) groups excluding carboxylic acids is 2. The van der Waals surface area contributed by atoms with Crippen LogP contribution in [0.15, 0.2) is 0 Å². The van der Waals surface area contributed by atoms with Crippen molar-refractivity contribution in [2.45, 2.75) is 148 Å². The van der Waals surface area contributed by atoms with Gasteiger partial charge >= 0.3 is 20.6 Å². The van der Waals surface area contributed by atoms with E-state index < -0.39 is 14.8 Å². The molecule has 2 N–H and O–H groups in total. The van der Waals surface area contributed by atoms with E-state index in [4.69, 9.17) is 19.7 Å². The molecule has 8 heteroatoms. The van der Waals surface area contributed by atoms with Crippen molar-refractivity contribution < 1.29 is 28.2 Å². The molecule has 0 aliphatic rings. The van der Waals surface area contributed by atoms with Crippen molar-refractivity contribution >= 4 is 20.6 Å². The molecule has 0 aromatic carbocycles. The SMILES string of the molecule is CCCCCCCCC(=O)O[C@H](COP=O)COC(=O)CCCCCCCCCCCCCCCN. The number of ether oxygens (including phenoxy) is 2. The number of rotatable bonds is 28. The van der Waals surface area contributed by atoms with E-state index >= 15 is 0 Å². The maximum absolute atomic E-state index is 12.1. The van der Waals surface area contributed by atoms with Crippen LogP contribution in [0.3, 0.4) is 0 Å². The van der Waals surface area contributed by atoms with Gasteiger partial charge in [0.2, 0.25) is 0 Å². The summed E-state index contributed by atoms with van der Waals surface area (Å²) in [4.78, 5) is 24.1. The number of unbranched alkanes of at least 4 members (excludes halogenated alkanes) is 17. The van der Waals surface area contributed by atoms with E-state index in [9.17, 15) is 14.2 Å². The molecular formula is C28H54NO6P. The lowest BCUT2D eigenvalue weighted by Crippen LogP contribution is -2.28. The third kappa shape index (κ3) is 26.0. The molecule has 0 aliphatic heterocycles. The van der Waals surface area contributed by atoms with Crippen molar-refractivity contribution in [2.75, 3.05) is 19.8 Å². The summed E-state index contributed by atoms with van der Waals surface area (Å²) in [5.74, 6) is -0.627. The van der Waals surface area contributed by atoms with Crippen molar-refractivity contribution in [3.05, 3.63) is 0 Å². The molecular weight excluding hydrogens is 477 g/mol. The highest BCUT2D eigenvalue weighted by Crippen LogP contribution is 2.14. The molecule has 1 atom stereocenters. The zero-order chi connectivity index (χ0) is 26.5. The van der Waals surface area contributed by atoms with Crippen LogP contribution in [0.2, 0.25) is 0 Å². The van der Waals surface area contributed by atoms with Gasteiger partial charge in [0.1, 0.15) is 13.2 Å². The molecule has 0 spiro atoms. The molecule has 0 bridgehead atoms. The predicted molar refractivity (Wildman–Crippen MR) is 146 cm³/mol.